The van der Waals surface area contributed by atoms with Crippen LogP contribution in [0.15, 0.2) is 65.7 Å². The maximum atomic E-state index is 13.7. The lowest BCUT2D eigenvalue weighted by Gasteiger charge is -2.28. The van der Waals surface area contributed by atoms with Crippen LogP contribution in [0.5, 0.6) is 5.75 Å². The topological polar surface area (TPSA) is 60.1 Å². The van der Waals surface area contributed by atoms with Crippen molar-refractivity contribution in [1.29, 1.82) is 0 Å². The number of hydroxylamine groups is 2. The second kappa shape index (κ2) is 8.69. The van der Waals surface area contributed by atoms with E-state index in [0.29, 0.717) is 24.7 Å². The molecule has 5 nitrogen and oxygen atoms in total. The van der Waals surface area contributed by atoms with E-state index in [2.05, 4.69) is 18.2 Å². The summed E-state index contributed by atoms with van der Waals surface area (Å²) in [5, 5.41) is 1.57. The summed E-state index contributed by atoms with van der Waals surface area (Å²) in [6, 6.07) is 18.9. The molecule has 3 aromatic carbocycles. The van der Waals surface area contributed by atoms with E-state index in [0.717, 1.165) is 36.0 Å². The first-order chi connectivity index (χ1) is 15.9. The summed E-state index contributed by atoms with van der Waals surface area (Å²) < 4.78 is 20.1. The standard InChI is InChI=1S/C26H25ClFN3O2/c1-31-25(29)30-26(33-31)13-5-4-7-17-6-2-3-8-20(17)16-32-24-12-10-18(14-21(24)26)19-9-11-23(28)22(27)15-19/h2-3,6,8-12,14-15H,4-5,7,13,16H2,1H3,(H2,29,30). The third-order valence-electron chi connectivity index (χ3n) is 6.27. The molecule has 170 valence electrons. The van der Waals surface area contributed by atoms with Gasteiger partial charge in [-0.3, -0.25) is 0 Å². The van der Waals surface area contributed by atoms with Crippen molar-refractivity contribution in [3.05, 3.63) is 88.2 Å². The summed E-state index contributed by atoms with van der Waals surface area (Å²) in [5.41, 5.74) is 10.0. The second-order valence-corrected chi connectivity index (χ2v) is 8.85. The lowest BCUT2D eigenvalue weighted by atomic mass is 9.92. The third-order valence-corrected chi connectivity index (χ3v) is 6.56. The quantitative estimate of drug-likeness (QED) is 0.493. The van der Waals surface area contributed by atoms with Gasteiger partial charge in [0.05, 0.1) is 10.6 Å². The molecular formula is C26H25ClFN3O2. The van der Waals surface area contributed by atoms with Crippen molar-refractivity contribution < 1.29 is 14.0 Å². The Balaban J connectivity index is 1.63. The lowest BCUT2D eigenvalue weighted by Crippen LogP contribution is -2.32. The van der Waals surface area contributed by atoms with Crippen LogP contribution in [-0.2, 0) is 23.6 Å². The number of benzene rings is 3. The third kappa shape index (κ3) is 4.16. The molecule has 0 aromatic heterocycles. The smallest absolute Gasteiger partial charge is 0.218 e. The zero-order valence-electron chi connectivity index (χ0n) is 18.4. The second-order valence-electron chi connectivity index (χ2n) is 8.45. The number of aliphatic imine (C=N–C) groups is 1. The fourth-order valence-corrected chi connectivity index (χ4v) is 4.67. The molecule has 0 saturated carbocycles. The predicted molar refractivity (Wildman–Crippen MR) is 127 cm³/mol. The van der Waals surface area contributed by atoms with E-state index >= 15 is 0 Å². The van der Waals surface area contributed by atoms with Crippen molar-refractivity contribution in [2.45, 2.75) is 38.0 Å². The minimum atomic E-state index is -0.996. The fourth-order valence-electron chi connectivity index (χ4n) is 4.49. The van der Waals surface area contributed by atoms with Gasteiger partial charge >= 0.3 is 0 Å². The average Bonchev–Trinajstić information content (AvgIpc) is 3.10. The number of rotatable bonds is 1. The molecule has 1 unspecified atom stereocenters. The first kappa shape index (κ1) is 21.7. The van der Waals surface area contributed by atoms with E-state index in [1.807, 2.05) is 24.3 Å². The Bertz CT molecular complexity index is 1230. The van der Waals surface area contributed by atoms with Gasteiger partial charge < -0.3 is 10.5 Å². The van der Waals surface area contributed by atoms with Crippen LogP contribution < -0.4 is 10.5 Å². The highest BCUT2D eigenvalue weighted by Crippen LogP contribution is 2.44. The summed E-state index contributed by atoms with van der Waals surface area (Å²) in [7, 11) is 1.75. The molecule has 2 aliphatic heterocycles. The van der Waals surface area contributed by atoms with Gasteiger partial charge in [0, 0.05) is 13.5 Å². The molecule has 3 aromatic rings. The molecule has 0 aliphatic carbocycles. The number of guanidine groups is 1. The Morgan fingerprint density at radius 2 is 1.79 bits per heavy atom. The highest BCUT2D eigenvalue weighted by atomic mass is 35.5. The number of ether oxygens (including phenoxy) is 1. The van der Waals surface area contributed by atoms with Crippen LogP contribution in [-0.4, -0.2) is 18.1 Å². The molecule has 0 saturated heterocycles. The van der Waals surface area contributed by atoms with E-state index in [1.54, 1.807) is 19.2 Å². The highest BCUT2D eigenvalue weighted by Gasteiger charge is 2.43. The van der Waals surface area contributed by atoms with Crippen molar-refractivity contribution in [2.24, 2.45) is 10.7 Å². The monoisotopic (exact) mass is 465 g/mol. The van der Waals surface area contributed by atoms with Crippen LogP contribution in [0.4, 0.5) is 4.39 Å². The van der Waals surface area contributed by atoms with Gasteiger partial charge in [-0.1, -0.05) is 48.0 Å². The molecular weight excluding hydrogens is 441 g/mol. The highest BCUT2D eigenvalue weighted by molar-refractivity contribution is 6.31. The average molecular weight is 466 g/mol. The minimum Gasteiger partial charge on any atom is -0.488 e. The fraction of sp³-hybridized carbons (Fsp3) is 0.269. The Labute approximate surface area is 197 Å². The lowest BCUT2D eigenvalue weighted by molar-refractivity contribution is -0.177. The van der Waals surface area contributed by atoms with Crippen molar-refractivity contribution in [3.63, 3.8) is 0 Å². The summed E-state index contributed by atoms with van der Waals surface area (Å²) >= 11 is 6.05. The van der Waals surface area contributed by atoms with Crippen molar-refractivity contribution in [2.75, 3.05) is 7.05 Å². The minimum absolute atomic E-state index is 0.0747. The predicted octanol–water partition coefficient (Wildman–Crippen LogP) is 5.80. The molecule has 2 aliphatic rings. The van der Waals surface area contributed by atoms with Gasteiger partial charge in [-0.15, -0.1) is 0 Å². The maximum absolute atomic E-state index is 13.7. The zero-order valence-corrected chi connectivity index (χ0v) is 19.1. The first-order valence-electron chi connectivity index (χ1n) is 11.0. The first-order valence-corrected chi connectivity index (χ1v) is 11.4. The Morgan fingerprint density at radius 3 is 2.55 bits per heavy atom. The van der Waals surface area contributed by atoms with Crippen LogP contribution in [0.3, 0.4) is 0 Å². The molecule has 33 heavy (non-hydrogen) atoms. The normalized spacial score (nSPS) is 20.5. The molecule has 5 rings (SSSR count). The number of halogens is 2. The summed E-state index contributed by atoms with van der Waals surface area (Å²) in [5.74, 6) is 0.539. The van der Waals surface area contributed by atoms with Crippen LogP contribution in [0.1, 0.15) is 36.0 Å². The van der Waals surface area contributed by atoms with Gasteiger partial charge in [-0.25, -0.2) is 19.3 Å². The van der Waals surface area contributed by atoms with E-state index in [9.17, 15) is 4.39 Å². The zero-order chi connectivity index (χ0) is 23.0. The van der Waals surface area contributed by atoms with Crippen LogP contribution >= 0.6 is 11.6 Å². The number of hydrogen-bond acceptors (Lipinski definition) is 5. The molecule has 7 heteroatoms. The SMILES string of the molecule is CN1OC2(CCCCc3ccccc3COc3ccc(-c4ccc(F)c(Cl)c4)cc32)N=C1N. The van der Waals surface area contributed by atoms with E-state index in [4.69, 9.17) is 31.9 Å². The maximum Gasteiger partial charge on any atom is 0.218 e. The number of nitrogens with zero attached hydrogens (tertiary/aromatic N) is 2. The molecule has 2 N–H and O–H groups in total. The van der Waals surface area contributed by atoms with Crippen LogP contribution in [0, 0.1) is 5.82 Å². The largest absolute Gasteiger partial charge is 0.488 e. The molecule has 0 amide bonds. The molecule has 0 radical (unpaired) electrons. The van der Waals surface area contributed by atoms with Crippen molar-refractivity contribution in [3.8, 4) is 16.9 Å². The van der Waals surface area contributed by atoms with Crippen molar-refractivity contribution in [1.82, 2.24) is 5.06 Å². The van der Waals surface area contributed by atoms with E-state index in [1.165, 1.54) is 22.3 Å². The number of fused-ring (bicyclic) bond motifs is 3. The molecule has 0 bridgehead atoms. The summed E-state index contributed by atoms with van der Waals surface area (Å²) in [6.07, 6.45) is 3.49. The molecule has 0 fully saturated rings. The van der Waals surface area contributed by atoms with Crippen molar-refractivity contribution >= 4 is 17.6 Å². The Hall–Kier alpha value is -3.09. The van der Waals surface area contributed by atoms with Gasteiger partial charge in [-0.05, 0) is 65.8 Å². The van der Waals surface area contributed by atoms with Gasteiger partial charge in [0.1, 0.15) is 18.2 Å². The van der Waals surface area contributed by atoms with Gasteiger partial charge in [0.2, 0.25) is 11.7 Å². The molecule has 1 atom stereocenters. The van der Waals surface area contributed by atoms with Gasteiger partial charge in [-0.2, -0.15) is 0 Å². The molecule has 2 heterocycles. The van der Waals surface area contributed by atoms with E-state index < -0.39 is 11.5 Å². The van der Waals surface area contributed by atoms with Crippen LogP contribution in [0.25, 0.3) is 11.1 Å². The Kier molecular flexibility index (Phi) is 5.72. The van der Waals surface area contributed by atoms with Gasteiger partial charge in [0.15, 0.2) is 0 Å². The Morgan fingerprint density at radius 1 is 1.03 bits per heavy atom. The number of aryl methyl sites for hydroxylation is 1. The van der Waals surface area contributed by atoms with Gasteiger partial charge in [0.25, 0.3) is 0 Å². The summed E-state index contributed by atoms with van der Waals surface area (Å²) in [6.45, 7) is 0.440. The number of hydrogen-bond donors (Lipinski definition) is 1. The number of nitrogens with two attached hydrogens (primary N) is 1. The van der Waals surface area contributed by atoms with E-state index in [-0.39, 0.29) is 5.02 Å². The molecule has 1 spiro atoms. The summed E-state index contributed by atoms with van der Waals surface area (Å²) in [4.78, 5) is 11.0. The van der Waals surface area contributed by atoms with Crippen LogP contribution in [0.2, 0.25) is 5.02 Å².